The highest BCUT2D eigenvalue weighted by Crippen LogP contribution is 2.21. The third kappa shape index (κ3) is 3.19. The predicted molar refractivity (Wildman–Crippen MR) is 65.7 cm³/mol. The second-order valence-electron chi connectivity index (χ2n) is 3.89. The first-order valence-corrected chi connectivity index (χ1v) is 5.52. The molecule has 0 radical (unpaired) electrons. The fraction of sp³-hybridized carbons (Fsp3) is 0.333. The molecular formula is C12H13ClN2O2. The van der Waals surface area contributed by atoms with Crippen LogP contribution in [0.3, 0.4) is 0 Å². The average Bonchev–Trinajstić information content (AvgIpc) is 2.29. The Labute approximate surface area is 105 Å². The molecule has 90 valence electrons. The maximum absolute atomic E-state index is 11.7. The van der Waals surface area contributed by atoms with Crippen LogP contribution in [0.2, 0.25) is 5.02 Å². The number of hydrogen-bond donors (Lipinski definition) is 2. The lowest BCUT2D eigenvalue weighted by Gasteiger charge is -2.20. The highest BCUT2D eigenvalue weighted by Gasteiger charge is 2.27. The van der Waals surface area contributed by atoms with Crippen molar-refractivity contribution in [1.29, 1.82) is 5.26 Å². The summed E-state index contributed by atoms with van der Waals surface area (Å²) < 4.78 is 0. The number of nitrogens with one attached hydrogen (secondary N) is 1. The van der Waals surface area contributed by atoms with Gasteiger partial charge in [0.2, 0.25) is 0 Å². The molecule has 1 amide bonds. The molecule has 0 spiro atoms. The van der Waals surface area contributed by atoms with Crippen molar-refractivity contribution < 1.29 is 9.90 Å². The Kier molecular flexibility index (Phi) is 4.11. The number of halogens is 1. The second-order valence-corrected chi connectivity index (χ2v) is 4.30. The van der Waals surface area contributed by atoms with E-state index in [-0.39, 0.29) is 5.02 Å². The number of nitriles is 1. The molecule has 0 fully saturated rings. The van der Waals surface area contributed by atoms with Gasteiger partial charge in [-0.25, -0.2) is 0 Å². The molecule has 0 aliphatic rings. The first-order chi connectivity index (χ1) is 7.90. The van der Waals surface area contributed by atoms with Gasteiger partial charge in [-0.2, -0.15) is 5.26 Å². The minimum absolute atomic E-state index is 0.265. The number of carbonyl (C=O) groups excluding carboxylic acids is 1. The van der Waals surface area contributed by atoms with Crippen LogP contribution in [-0.2, 0) is 4.79 Å². The molecule has 1 aromatic carbocycles. The summed E-state index contributed by atoms with van der Waals surface area (Å²) in [6, 6.07) is 6.48. The maximum Gasteiger partial charge on any atom is 0.256 e. The lowest BCUT2D eigenvalue weighted by Crippen LogP contribution is -2.39. The largest absolute Gasteiger partial charge is 0.380 e. The summed E-state index contributed by atoms with van der Waals surface area (Å²) in [5, 5.41) is 21.2. The van der Waals surface area contributed by atoms with Gasteiger partial charge in [0.15, 0.2) is 0 Å². The minimum atomic E-state index is -1.42. The first-order valence-electron chi connectivity index (χ1n) is 5.14. The number of carbonyl (C=O) groups is 1. The molecule has 17 heavy (non-hydrogen) atoms. The third-order valence-electron chi connectivity index (χ3n) is 2.53. The predicted octanol–water partition coefficient (Wildman–Crippen LogP) is 2.31. The molecule has 0 aliphatic heterocycles. The Balaban J connectivity index is 2.88. The Hall–Kier alpha value is -1.57. The standard InChI is InChI=1S/C12H13ClN2O2/c1-3-12(2,17)11(16)15-9-5-4-8(7-14)10(13)6-9/h4-6,17H,3H2,1-2H3,(H,15,16)/t12-/m1/s1. The van der Waals surface area contributed by atoms with E-state index >= 15 is 0 Å². The lowest BCUT2D eigenvalue weighted by atomic mass is 10.0. The zero-order valence-electron chi connectivity index (χ0n) is 9.62. The van der Waals surface area contributed by atoms with Crippen molar-refractivity contribution in [3.8, 4) is 6.07 Å². The van der Waals surface area contributed by atoms with Gasteiger partial charge in [-0.15, -0.1) is 0 Å². The summed E-state index contributed by atoms with van der Waals surface area (Å²) in [6.07, 6.45) is 0.308. The zero-order chi connectivity index (χ0) is 13.1. The van der Waals surface area contributed by atoms with Crippen molar-refractivity contribution in [3.05, 3.63) is 28.8 Å². The molecule has 0 aliphatic carbocycles. The molecule has 0 bridgehead atoms. The van der Waals surface area contributed by atoms with Gasteiger partial charge in [-0.1, -0.05) is 18.5 Å². The number of hydrogen-bond acceptors (Lipinski definition) is 3. The third-order valence-corrected chi connectivity index (χ3v) is 2.84. The van der Waals surface area contributed by atoms with Crippen LogP contribution in [0.25, 0.3) is 0 Å². The second kappa shape index (κ2) is 5.17. The van der Waals surface area contributed by atoms with E-state index in [1.807, 2.05) is 6.07 Å². The number of nitrogens with zero attached hydrogens (tertiary/aromatic N) is 1. The van der Waals surface area contributed by atoms with Gasteiger partial charge in [0.1, 0.15) is 11.7 Å². The van der Waals surface area contributed by atoms with Gasteiger partial charge in [-0.05, 0) is 31.5 Å². The molecule has 5 heteroatoms. The molecule has 4 nitrogen and oxygen atoms in total. The van der Waals surface area contributed by atoms with Crippen molar-refractivity contribution in [3.63, 3.8) is 0 Å². The SMILES string of the molecule is CC[C@@](C)(O)C(=O)Nc1ccc(C#N)c(Cl)c1. The summed E-state index contributed by atoms with van der Waals surface area (Å²) in [5.41, 5.74) is -0.625. The lowest BCUT2D eigenvalue weighted by molar-refractivity contribution is -0.132. The molecule has 0 saturated heterocycles. The first kappa shape index (κ1) is 13.5. The van der Waals surface area contributed by atoms with E-state index < -0.39 is 11.5 Å². The quantitative estimate of drug-likeness (QED) is 0.867. The molecule has 1 aromatic rings. The van der Waals surface area contributed by atoms with Gasteiger partial charge in [-0.3, -0.25) is 4.79 Å². The van der Waals surface area contributed by atoms with Crippen molar-refractivity contribution in [1.82, 2.24) is 0 Å². The summed E-state index contributed by atoms with van der Waals surface area (Å²) in [6.45, 7) is 3.15. The Morgan fingerprint density at radius 2 is 2.29 bits per heavy atom. The molecule has 0 heterocycles. The van der Waals surface area contributed by atoms with Gasteiger partial charge >= 0.3 is 0 Å². The van der Waals surface area contributed by atoms with Crippen LogP contribution >= 0.6 is 11.6 Å². The van der Waals surface area contributed by atoms with Crippen LogP contribution in [0, 0.1) is 11.3 Å². The van der Waals surface area contributed by atoms with E-state index in [0.717, 1.165) is 0 Å². The van der Waals surface area contributed by atoms with E-state index in [1.165, 1.54) is 19.1 Å². The Morgan fingerprint density at radius 1 is 1.65 bits per heavy atom. The van der Waals surface area contributed by atoms with E-state index in [1.54, 1.807) is 13.0 Å². The van der Waals surface area contributed by atoms with E-state index in [4.69, 9.17) is 16.9 Å². The summed E-state index contributed by atoms with van der Waals surface area (Å²) in [7, 11) is 0. The highest BCUT2D eigenvalue weighted by molar-refractivity contribution is 6.32. The van der Waals surface area contributed by atoms with Crippen LogP contribution in [0.15, 0.2) is 18.2 Å². The number of rotatable bonds is 3. The van der Waals surface area contributed by atoms with Crippen molar-refractivity contribution in [2.45, 2.75) is 25.9 Å². The van der Waals surface area contributed by atoms with Crippen LogP contribution < -0.4 is 5.32 Å². The zero-order valence-corrected chi connectivity index (χ0v) is 10.4. The number of aliphatic hydroxyl groups is 1. The van der Waals surface area contributed by atoms with Gasteiger partial charge < -0.3 is 10.4 Å². The van der Waals surface area contributed by atoms with E-state index in [9.17, 15) is 9.90 Å². The highest BCUT2D eigenvalue weighted by atomic mass is 35.5. The fourth-order valence-corrected chi connectivity index (χ4v) is 1.33. The van der Waals surface area contributed by atoms with Gasteiger partial charge in [0.25, 0.3) is 5.91 Å². The van der Waals surface area contributed by atoms with Crippen molar-refractivity contribution in [2.24, 2.45) is 0 Å². The molecule has 0 aromatic heterocycles. The Bertz CT molecular complexity index is 478. The van der Waals surface area contributed by atoms with Crippen molar-refractivity contribution >= 4 is 23.2 Å². The monoisotopic (exact) mass is 252 g/mol. The molecule has 0 saturated carbocycles. The Morgan fingerprint density at radius 3 is 2.76 bits per heavy atom. The van der Waals surface area contributed by atoms with E-state index in [0.29, 0.717) is 17.7 Å². The molecular weight excluding hydrogens is 240 g/mol. The minimum Gasteiger partial charge on any atom is -0.380 e. The summed E-state index contributed by atoms with van der Waals surface area (Å²) in [5.74, 6) is -0.499. The van der Waals surface area contributed by atoms with Crippen LogP contribution in [-0.4, -0.2) is 16.6 Å². The van der Waals surface area contributed by atoms with Crippen LogP contribution in [0.5, 0.6) is 0 Å². The number of benzene rings is 1. The molecule has 1 atom stereocenters. The molecule has 2 N–H and O–H groups in total. The topological polar surface area (TPSA) is 73.1 Å². The molecule has 1 rings (SSSR count). The van der Waals surface area contributed by atoms with Gasteiger partial charge in [0, 0.05) is 5.69 Å². The maximum atomic E-state index is 11.7. The summed E-state index contributed by atoms with van der Waals surface area (Å²) in [4.78, 5) is 11.7. The summed E-state index contributed by atoms with van der Waals surface area (Å²) >= 11 is 5.82. The smallest absolute Gasteiger partial charge is 0.256 e. The van der Waals surface area contributed by atoms with Crippen LogP contribution in [0.1, 0.15) is 25.8 Å². The number of amides is 1. The average molecular weight is 253 g/mol. The number of anilines is 1. The van der Waals surface area contributed by atoms with Crippen molar-refractivity contribution in [2.75, 3.05) is 5.32 Å². The van der Waals surface area contributed by atoms with Gasteiger partial charge in [0.05, 0.1) is 10.6 Å². The normalized spacial score (nSPS) is 13.6. The molecule has 0 unspecified atom stereocenters. The van der Waals surface area contributed by atoms with E-state index in [2.05, 4.69) is 5.32 Å². The van der Waals surface area contributed by atoms with Crippen LogP contribution in [0.4, 0.5) is 5.69 Å². The fourth-order valence-electron chi connectivity index (χ4n) is 1.11.